The topological polar surface area (TPSA) is 69.3 Å². The van der Waals surface area contributed by atoms with E-state index >= 15 is 0 Å². The van der Waals surface area contributed by atoms with Crippen molar-refractivity contribution in [2.75, 3.05) is 0 Å². The number of benzene rings is 1. The van der Waals surface area contributed by atoms with E-state index in [-0.39, 0.29) is 17.8 Å². The van der Waals surface area contributed by atoms with Gasteiger partial charge < -0.3 is 9.84 Å². The lowest BCUT2D eigenvalue weighted by molar-refractivity contribution is -0.274. The minimum atomic E-state index is -4.83. The normalized spacial score (nSPS) is 11.5. The van der Waals surface area contributed by atoms with Crippen LogP contribution in [0.15, 0.2) is 53.7 Å². The van der Waals surface area contributed by atoms with Crippen molar-refractivity contribution >= 4 is 0 Å². The van der Waals surface area contributed by atoms with Crippen LogP contribution in [0.3, 0.4) is 0 Å². The second-order valence-corrected chi connectivity index (χ2v) is 5.24. The predicted molar refractivity (Wildman–Crippen MR) is 81.7 cm³/mol. The monoisotopic (exact) mass is 369 g/mol. The first-order valence-corrected chi connectivity index (χ1v) is 7.20. The third-order valence-electron chi connectivity index (χ3n) is 3.46. The van der Waals surface area contributed by atoms with Crippen molar-refractivity contribution in [3.05, 3.63) is 70.8 Å². The summed E-state index contributed by atoms with van der Waals surface area (Å²) in [5, 5.41) is 9.99. The summed E-state index contributed by atoms with van der Waals surface area (Å²) in [6, 6.07) is 5.77. The molecule has 0 saturated carbocycles. The van der Waals surface area contributed by atoms with Crippen molar-refractivity contribution in [1.29, 1.82) is 0 Å². The van der Waals surface area contributed by atoms with Gasteiger partial charge in [0.2, 0.25) is 5.88 Å². The van der Waals surface area contributed by atoms with E-state index in [9.17, 15) is 27.5 Å². The Morgan fingerprint density at radius 2 is 1.85 bits per heavy atom. The molecule has 10 heteroatoms. The lowest BCUT2D eigenvalue weighted by atomic mass is 10.2. The summed E-state index contributed by atoms with van der Waals surface area (Å²) in [6.07, 6.45) is -1.38. The summed E-state index contributed by atoms with van der Waals surface area (Å²) >= 11 is 0. The number of pyridine rings is 1. The zero-order valence-electron chi connectivity index (χ0n) is 12.9. The molecule has 3 aromatic rings. The van der Waals surface area contributed by atoms with Crippen LogP contribution in [0, 0.1) is 5.82 Å². The molecule has 0 aliphatic rings. The van der Waals surface area contributed by atoms with Crippen molar-refractivity contribution in [1.82, 2.24) is 14.1 Å². The summed E-state index contributed by atoms with van der Waals surface area (Å²) in [7, 11) is 0. The quantitative estimate of drug-likeness (QED) is 0.718. The molecule has 0 amide bonds. The second kappa shape index (κ2) is 6.54. The predicted octanol–water partition coefficient (Wildman–Crippen LogP) is 2.83. The largest absolute Gasteiger partial charge is 0.573 e. The Labute approximate surface area is 143 Å². The lowest BCUT2D eigenvalue weighted by Crippen LogP contribution is -2.24. The number of alkyl halides is 3. The number of hydrogen-bond acceptors (Lipinski definition) is 4. The van der Waals surface area contributed by atoms with Crippen LogP contribution in [0.5, 0.6) is 11.6 Å². The highest BCUT2D eigenvalue weighted by atomic mass is 19.4. The minimum Gasteiger partial charge on any atom is -0.493 e. The number of aromatic nitrogens is 3. The van der Waals surface area contributed by atoms with Crippen LogP contribution in [0.2, 0.25) is 0 Å². The van der Waals surface area contributed by atoms with E-state index in [0.717, 1.165) is 33.7 Å². The Kier molecular flexibility index (Phi) is 4.41. The first kappa shape index (κ1) is 17.5. The molecule has 0 atom stereocenters. The molecule has 0 aliphatic heterocycles. The van der Waals surface area contributed by atoms with Crippen molar-refractivity contribution < 1.29 is 27.4 Å². The van der Waals surface area contributed by atoms with Gasteiger partial charge in [-0.3, -0.25) is 9.55 Å². The molecule has 2 aromatic heterocycles. The molecule has 1 aromatic carbocycles. The van der Waals surface area contributed by atoms with Crippen LogP contribution in [-0.4, -0.2) is 25.6 Å². The fraction of sp³-hybridized carbons (Fsp3) is 0.125. The molecule has 3 rings (SSSR count). The molecule has 0 radical (unpaired) electrons. The summed E-state index contributed by atoms with van der Waals surface area (Å²) < 4.78 is 55.9. The van der Waals surface area contributed by atoms with E-state index in [1.807, 2.05) is 0 Å². The zero-order valence-corrected chi connectivity index (χ0v) is 12.9. The average Bonchev–Trinajstić information content (AvgIpc) is 2.83. The maximum Gasteiger partial charge on any atom is 0.573 e. The average molecular weight is 369 g/mol. The number of halogens is 4. The molecule has 136 valence electrons. The molecule has 0 saturated heterocycles. The molecular formula is C16H11F4N3O3. The van der Waals surface area contributed by atoms with Gasteiger partial charge in [-0.25, -0.2) is 13.8 Å². The smallest absolute Gasteiger partial charge is 0.493 e. The van der Waals surface area contributed by atoms with E-state index in [2.05, 4.69) is 9.72 Å². The molecular weight excluding hydrogens is 358 g/mol. The van der Waals surface area contributed by atoms with Crippen LogP contribution >= 0.6 is 0 Å². The van der Waals surface area contributed by atoms with Crippen molar-refractivity contribution in [2.45, 2.75) is 12.9 Å². The van der Waals surface area contributed by atoms with Gasteiger partial charge in [-0.15, -0.1) is 13.2 Å². The third-order valence-corrected chi connectivity index (χ3v) is 3.46. The van der Waals surface area contributed by atoms with Gasteiger partial charge in [-0.2, -0.15) is 0 Å². The van der Waals surface area contributed by atoms with Gasteiger partial charge >= 0.3 is 12.1 Å². The third kappa shape index (κ3) is 3.68. The van der Waals surface area contributed by atoms with Crippen LogP contribution in [0.25, 0.3) is 5.69 Å². The van der Waals surface area contributed by atoms with Gasteiger partial charge in [-0.1, -0.05) is 0 Å². The Morgan fingerprint density at radius 3 is 2.46 bits per heavy atom. The molecule has 0 unspecified atom stereocenters. The Bertz CT molecular complexity index is 978. The highest BCUT2D eigenvalue weighted by Gasteiger charge is 2.31. The van der Waals surface area contributed by atoms with E-state index < -0.39 is 29.5 Å². The molecule has 0 spiro atoms. The Hall–Kier alpha value is -3.30. The minimum absolute atomic E-state index is 0.121. The number of imidazole rings is 1. The van der Waals surface area contributed by atoms with E-state index in [1.165, 1.54) is 24.4 Å². The number of rotatable bonds is 4. The van der Waals surface area contributed by atoms with Gasteiger partial charge in [0.05, 0.1) is 24.6 Å². The SMILES string of the molecule is O=c1n(Cc2ccncc2F)cc(O)n1-c1ccc(OC(F)(F)F)cc1. The second-order valence-electron chi connectivity index (χ2n) is 5.24. The molecule has 0 aliphatic carbocycles. The fourth-order valence-electron chi connectivity index (χ4n) is 2.35. The van der Waals surface area contributed by atoms with Crippen LogP contribution in [0.4, 0.5) is 17.6 Å². The van der Waals surface area contributed by atoms with Crippen molar-refractivity contribution in [3.8, 4) is 17.3 Å². The first-order valence-electron chi connectivity index (χ1n) is 7.20. The fourth-order valence-corrected chi connectivity index (χ4v) is 2.35. The molecule has 2 heterocycles. The highest BCUT2D eigenvalue weighted by Crippen LogP contribution is 2.24. The number of ether oxygens (including phenoxy) is 1. The number of nitrogens with zero attached hydrogens (tertiary/aromatic N) is 3. The van der Waals surface area contributed by atoms with Gasteiger partial charge in [-0.05, 0) is 30.3 Å². The maximum atomic E-state index is 13.7. The first-order chi connectivity index (χ1) is 12.2. The standard InChI is InChI=1S/C16H11F4N3O3/c17-13-7-21-6-5-10(13)8-22-9-14(24)23(15(22)25)11-1-3-12(4-2-11)26-16(18,19)20/h1-7,9,24H,8H2. The summed E-state index contributed by atoms with van der Waals surface area (Å²) in [5.74, 6) is -1.53. The maximum absolute atomic E-state index is 13.7. The molecule has 6 nitrogen and oxygen atoms in total. The van der Waals surface area contributed by atoms with Crippen molar-refractivity contribution in [3.63, 3.8) is 0 Å². The molecule has 0 fully saturated rings. The summed E-state index contributed by atoms with van der Waals surface area (Å²) in [4.78, 5) is 16.0. The van der Waals surface area contributed by atoms with Crippen LogP contribution < -0.4 is 10.4 Å². The zero-order chi connectivity index (χ0) is 18.9. The molecule has 0 bridgehead atoms. The Morgan fingerprint density at radius 1 is 1.15 bits per heavy atom. The van der Waals surface area contributed by atoms with Gasteiger partial charge in [0, 0.05) is 11.8 Å². The van der Waals surface area contributed by atoms with Gasteiger partial charge in [0.15, 0.2) is 0 Å². The van der Waals surface area contributed by atoms with Gasteiger partial charge in [0.1, 0.15) is 11.6 Å². The number of hydrogen-bond donors (Lipinski definition) is 1. The van der Waals surface area contributed by atoms with E-state index in [0.29, 0.717) is 0 Å². The highest BCUT2D eigenvalue weighted by molar-refractivity contribution is 5.40. The van der Waals surface area contributed by atoms with E-state index in [4.69, 9.17) is 0 Å². The lowest BCUT2D eigenvalue weighted by Gasteiger charge is -2.09. The van der Waals surface area contributed by atoms with Crippen LogP contribution in [0.1, 0.15) is 5.56 Å². The van der Waals surface area contributed by atoms with E-state index in [1.54, 1.807) is 0 Å². The summed E-state index contributed by atoms with van der Waals surface area (Å²) in [5.41, 5.74) is -0.382. The Balaban J connectivity index is 1.91. The molecule has 1 N–H and O–H groups in total. The van der Waals surface area contributed by atoms with Crippen molar-refractivity contribution in [2.24, 2.45) is 0 Å². The van der Waals surface area contributed by atoms with Gasteiger partial charge in [0.25, 0.3) is 0 Å². The van der Waals surface area contributed by atoms with Crippen LogP contribution in [-0.2, 0) is 6.54 Å². The number of aromatic hydroxyl groups is 1. The summed E-state index contributed by atoms with van der Waals surface area (Å²) in [6.45, 7) is -0.150. The molecule has 26 heavy (non-hydrogen) atoms.